The Morgan fingerprint density at radius 1 is 1.47 bits per heavy atom. The molecule has 0 saturated heterocycles. The van der Waals surface area contributed by atoms with Crippen molar-refractivity contribution in [2.75, 3.05) is 13.2 Å². The molecule has 0 atom stereocenters. The van der Waals surface area contributed by atoms with Crippen molar-refractivity contribution in [2.24, 2.45) is 0 Å². The predicted octanol–water partition coefficient (Wildman–Crippen LogP) is 2.23. The number of aliphatic hydroxyl groups excluding tert-OH is 1. The molecule has 0 saturated carbocycles. The highest BCUT2D eigenvalue weighted by Crippen LogP contribution is 2.19. The summed E-state index contributed by atoms with van der Waals surface area (Å²) in [5, 5.41) is 9.25. The van der Waals surface area contributed by atoms with Gasteiger partial charge in [0.2, 0.25) is 0 Å². The van der Waals surface area contributed by atoms with Crippen LogP contribution in [-0.4, -0.2) is 40.1 Å². The minimum atomic E-state index is -0.261. The minimum Gasteiger partial charge on any atom is -0.395 e. The molecule has 4 nitrogen and oxygen atoms in total. The number of hydrogen-bond donors (Lipinski definition) is 1. The van der Waals surface area contributed by atoms with E-state index in [-0.39, 0.29) is 35.4 Å². The molecule has 0 fully saturated rings. The average molecular weight is 277 g/mol. The molecule has 0 spiro atoms. The Kier molecular flexibility index (Phi) is 5.18. The first-order chi connectivity index (χ1) is 7.97. The second-order valence-electron chi connectivity index (χ2n) is 3.79. The Morgan fingerprint density at radius 3 is 2.59 bits per heavy atom. The standard InChI is InChI=1S/C11H14Cl2N2O2/c1-7(2)15(5-6-16)11(17)8-3-4-9(12)14-10(8)13/h3-4,7,16H,5-6H2,1-2H3. The number of pyridine rings is 1. The normalized spacial score (nSPS) is 10.7. The molecule has 1 N–H and O–H groups in total. The van der Waals surface area contributed by atoms with E-state index in [1.165, 1.54) is 17.0 Å². The van der Waals surface area contributed by atoms with E-state index in [1.807, 2.05) is 13.8 Å². The summed E-state index contributed by atoms with van der Waals surface area (Å²) < 4.78 is 0. The molecule has 1 amide bonds. The average Bonchev–Trinajstić information content (AvgIpc) is 2.24. The zero-order valence-corrected chi connectivity index (χ0v) is 11.2. The zero-order chi connectivity index (χ0) is 13.0. The van der Waals surface area contributed by atoms with Crippen molar-refractivity contribution < 1.29 is 9.90 Å². The second-order valence-corrected chi connectivity index (χ2v) is 4.53. The first-order valence-corrected chi connectivity index (χ1v) is 5.96. The van der Waals surface area contributed by atoms with Crippen molar-refractivity contribution in [3.63, 3.8) is 0 Å². The van der Waals surface area contributed by atoms with Gasteiger partial charge >= 0.3 is 0 Å². The molecule has 1 aromatic heterocycles. The van der Waals surface area contributed by atoms with Gasteiger partial charge in [-0.15, -0.1) is 0 Å². The van der Waals surface area contributed by atoms with E-state index >= 15 is 0 Å². The molecule has 0 unspecified atom stereocenters. The molecule has 0 aliphatic heterocycles. The Labute approximate surface area is 110 Å². The number of carbonyl (C=O) groups is 1. The lowest BCUT2D eigenvalue weighted by molar-refractivity contribution is 0.0665. The fourth-order valence-corrected chi connectivity index (χ4v) is 1.85. The van der Waals surface area contributed by atoms with Gasteiger partial charge in [-0.05, 0) is 26.0 Å². The fraction of sp³-hybridized carbons (Fsp3) is 0.455. The second kappa shape index (κ2) is 6.19. The fourth-order valence-electron chi connectivity index (χ4n) is 1.43. The van der Waals surface area contributed by atoms with E-state index in [4.69, 9.17) is 28.3 Å². The van der Waals surface area contributed by atoms with Gasteiger partial charge in [-0.2, -0.15) is 0 Å². The van der Waals surface area contributed by atoms with Gasteiger partial charge in [0.05, 0.1) is 12.2 Å². The van der Waals surface area contributed by atoms with Gasteiger partial charge in [-0.25, -0.2) is 4.98 Å². The maximum absolute atomic E-state index is 12.2. The highest BCUT2D eigenvalue weighted by atomic mass is 35.5. The van der Waals surface area contributed by atoms with Crippen LogP contribution in [0.25, 0.3) is 0 Å². The van der Waals surface area contributed by atoms with Crippen LogP contribution in [0, 0.1) is 0 Å². The maximum Gasteiger partial charge on any atom is 0.257 e. The lowest BCUT2D eigenvalue weighted by Gasteiger charge is -2.26. The van der Waals surface area contributed by atoms with Gasteiger partial charge in [-0.1, -0.05) is 23.2 Å². The predicted molar refractivity (Wildman–Crippen MR) is 67.5 cm³/mol. The third kappa shape index (κ3) is 3.56. The van der Waals surface area contributed by atoms with Crippen molar-refractivity contribution in [3.8, 4) is 0 Å². The Hall–Kier alpha value is -0.840. The summed E-state index contributed by atoms with van der Waals surface area (Å²) in [7, 11) is 0. The van der Waals surface area contributed by atoms with Gasteiger partial charge in [0.25, 0.3) is 5.91 Å². The number of hydrogen-bond acceptors (Lipinski definition) is 3. The van der Waals surface area contributed by atoms with E-state index in [0.29, 0.717) is 5.56 Å². The van der Waals surface area contributed by atoms with Gasteiger partial charge in [-0.3, -0.25) is 4.79 Å². The van der Waals surface area contributed by atoms with E-state index < -0.39 is 0 Å². The van der Waals surface area contributed by atoms with Crippen LogP contribution >= 0.6 is 23.2 Å². The van der Waals surface area contributed by atoms with Gasteiger partial charge < -0.3 is 10.0 Å². The SMILES string of the molecule is CC(C)N(CCO)C(=O)c1ccc(Cl)nc1Cl. The number of carbonyl (C=O) groups excluding carboxylic acids is 1. The lowest BCUT2D eigenvalue weighted by atomic mass is 10.2. The highest BCUT2D eigenvalue weighted by Gasteiger charge is 2.21. The number of rotatable bonds is 4. The van der Waals surface area contributed by atoms with Crippen LogP contribution in [0.3, 0.4) is 0 Å². The Bertz CT molecular complexity index is 410. The monoisotopic (exact) mass is 276 g/mol. The summed E-state index contributed by atoms with van der Waals surface area (Å²) in [6.45, 7) is 3.90. The number of halogens is 2. The van der Waals surface area contributed by atoms with Gasteiger partial charge in [0.15, 0.2) is 0 Å². The largest absolute Gasteiger partial charge is 0.395 e. The number of aromatic nitrogens is 1. The smallest absolute Gasteiger partial charge is 0.257 e. The lowest BCUT2D eigenvalue weighted by Crippen LogP contribution is -2.39. The molecular weight excluding hydrogens is 263 g/mol. The molecule has 0 bridgehead atoms. The number of aliphatic hydroxyl groups is 1. The van der Waals surface area contributed by atoms with Crippen molar-refractivity contribution in [3.05, 3.63) is 28.0 Å². The Morgan fingerprint density at radius 2 is 2.12 bits per heavy atom. The van der Waals surface area contributed by atoms with Gasteiger partial charge in [0.1, 0.15) is 10.3 Å². The van der Waals surface area contributed by atoms with Crippen molar-refractivity contribution in [1.82, 2.24) is 9.88 Å². The molecule has 0 aromatic carbocycles. The third-order valence-electron chi connectivity index (χ3n) is 2.27. The molecule has 1 rings (SSSR count). The van der Waals surface area contributed by atoms with Crippen LogP contribution in [0.4, 0.5) is 0 Å². The molecule has 1 heterocycles. The topological polar surface area (TPSA) is 53.4 Å². The molecular formula is C11H14Cl2N2O2. The van der Waals surface area contributed by atoms with E-state index in [9.17, 15) is 4.79 Å². The summed E-state index contributed by atoms with van der Waals surface area (Å²) in [5.74, 6) is -0.261. The van der Waals surface area contributed by atoms with E-state index in [0.717, 1.165) is 0 Å². The summed E-state index contributed by atoms with van der Waals surface area (Å²) in [6, 6.07) is 3.02. The molecule has 6 heteroatoms. The number of nitrogens with zero attached hydrogens (tertiary/aromatic N) is 2. The van der Waals surface area contributed by atoms with E-state index in [2.05, 4.69) is 4.98 Å². The molecule has 1 aromatic rings. The minimum absolute atomic E-state index is 0.0265. The quantitative estimate of drug-likeness (QED) is 0.859. The summed E-state index contributed by atoms with van der Waals surface area (Å²) in [4.78, 5) is 17.5. The van der Waals surface area contributed by atoms with Crippen LogP contribution < -0.4 is 0 Å². The van der Waals surface area contributed by atoms with Crippen molar-refractivity contribution in [2.45, 2.75) is 19.9 Å². The molecule has 0 radical (unpaired) electrons. The summed E-state index contributed by atoms with van der Waals surface area (Å²) in [6.07, 6.45) is 0. The number of amides is 1. The van der Waals surface area contributed by atoms with Crippen molar-refractivity contribution in [1.29, 1.82) is 0 Å². The van der Waals surface area contributed by atoms with Crippen molar-refractivity contribution >= 4 is 29.1 Å². The first-order valence-electron chi connectivity index (χ1n) is 5.21. The van der Waals surface area contributed by atoms with Crippen LogP contribution in [-0.2, 0) is 0 Å². The van der Waals surface area contributed by atoms with Crippen LogP contribution in [0.2, 0.25) is 10.3 Å². The molecule has 0 aliphatic carbocycles. The van der Waals surface area contributed by atoms with Crippen LogP contribution in [0.15, 0.2) is 12.1 Å². The molecule has 94 valence electrons. The molecule has 0 aliphatic rings. The summed E-state index contributed by atoms with van der Waals surface area (Å²) in [5.41, 5.74) is 0.290. The van der Waals surface area contributed by atoms with Crippen LogP contribution in [0.1, 0.15) is 24.2 Å². The zero-order valence-electron chi connectivity index (χ0n) is 9.65. The third-order valence-corrected chi connectivity index (χ3v) is 2.77. The van der Waals surface area contributed by atoms with Gasteiger partial charge in [0, 0.05) is 12.6 Å². The highest BCUT2D eigenvalue weighted by molar-refractivity contribution is 6.34. The van der Waals surface area contributed by atoms with Crippen LogP contribution in [0.5, 0.6) is 0 Å². The Balaban J connectivity index is 3.01. The van der Waals surface area contributed by atoms with E-state index in [1.54, 1.807) is 0 Å². The summed E-state index contributed by atoms with van der Waals surface area (Å²) >= 11 is 11.5. The molecule has 17 heavy (non-hydrogen) atoms. The maximum atomic E-state index is 12.2. The first kappa shape index (κ1) is 14.2.